The zero-order valence-electron chi connectivity index (χ0n) is 17.6. The molecule has 0 bridgehead atoms. The fourth-order valence-corrected chi connectivity index (χ4v) is 4.47. The van der Waals surface area contributed by atoms with Crippen LogP contribution in [0.2, 0.25) is 0 Å². The van der Waals surface area contributed by atoms with E-state index in [4.69, 9.17) is 0 Å². The number of alkyl halides is 3. The molecule has 1 fully saturated rings. The van der Waals surface area contributed by atoms with Gasteiger partial charge in [-0.3, -0.25) is 4.79 Å². The first kappa shape index (κ1) is 23.7. The van der Waals surface area contributed by atoms with Crippen LogP contribution in [0, 0.1) is 6.92 Å². The lowest BCUT2D eigenvalue weighted by Crippen LogP contribution is -2.26. The Bertz CT molecular complexity index is 1150. The number of pyridine rings is 1. The number of hydrogen-bond acceptors (Lipinski definition) is 4. The Morgan fingerprint density at radius 2 is 1.91 bits per heavy atom. The molecule has 32 heavy (non-hydrogen) atoms. The van der Waals surface area contributed by atoms with Gasteiger partial charge in [-0.15, -0.1) is 4.40 Å². The highest BCUT2D eigenvalue weighted by molar-refractivity contribution is 7.90. The largest absolute Gasteiger partial charge is 0.433 e. The molecule has 1 aromatic heterocycles. The average Bonchev–Trinajstić information content (AvgIpc) is 2.91. The molecule has 3 rings (SSSR count). The summed E-state index contributed by atoms with van der Waals surface area (Å²) in [4.78, 5) is 17.7. The van der Waals surface area contributed by atoms with Crippen LogP contribution in [0.5, 0.6) is 0 Å². The smallest absolute Gasteiger partial charge is 0.362 e. The standard InChI is InChI=1S/C21H23F3N4O3S/c1-14-17(10-11-18(25-14)21(22,23)24)20(29)26-15-7-6-8-16(13-15)32(30,31)27-19-9-4-3-5-12-28(19)2/h6-8,10-11,13H,3-5,9,12H2,1-2H3,(H,26,29). The summed E-state index contributed by atoms with van der Waals surface area (Å²) in [7, 11) is -2.20. The minimum absolute atomic E-state index is 0.0495. The highest BCUT2D eigenvalue weighted by Gasteiger charge is 2.33. The van der Waals surface area contributed by atoms with Crippen LogP contribution in [0.15, 0.2) is 45.7 Å². The third-order valence-electron chi connectivity index (χ3n) is 5.07. The predicted octanol–water partition coefficient (Wildman–Crippen LogP) is 4.25. The van der Waals surface area contributed by atoms with Crippen LogP contribution in [0.25, 0.3) is 0 Å². The highest BCUT2D eigenvalue weighted by Crippen LogP contribution is 2.28. The van der Waals surface area contributed by atoms with Gasteiger partial charge in [-0.05, 0) is 50.1 Å². The molecule has 7 nitrogen and oxygen atoms in total. The number of hydrogen-bond donors (Lipinski definition) is 1. The third kappa shape index (κ3) is 5.64. The van der Waals surface area contributed by atoms with Gasteiger partial charge in [-0.1, -0.05) is 12.5 Å². The number of amides is 1. The second kappa shape index (κ2) is 9.27. The Balaban J connectivity index is 1.82. The fourth-order valence-electron chi connectivity index (χ4n) is 3.33. The summed E-state index contributed by atoms with van der Waals surface area (Å²) in [5.41, 5.74) is -1.07. The number of aryl methyl sites for hydroxylation is 1. The lowest BCUT2D eigenvalue weighted by molar-refractivity contribution is -0.141. The number of nitrogens with zero attached hydrogens (tertiary/aromatic N) is 3. The zero-order chi connectivity index (χ0) is 23.5. The van der Waals surface area contributed by atoms with E-state index in [1.807, 2.05) is 4.90 Å². The van der Waals surface area contributed by atoms with Crippen molar-refractivity contribution in [3.8, 4) is 0 Å². The molecule has 1 aliphatic heterocycles. The molecule has 0 unspecified atom stereocenters. The summed E-state index contributed by atoms with van der Waals surface area (Å²) in [6.07, 6.45) is -1.23. The van der Waals surface area contributed by atoms with Gasteiger partial charge in [0.1, 0.15) is 11.5 Å². The molecule has 2 aromatic rings. The van der Waals surface area contributed by atoms with Gasteiger partial charge in [0.2, 0.25) is 0 Å². The van der Waals surface area contributed by atoms with Crippen molar-refractivity contribution in [1.29, 1.82) is 0 Å². The van der Waals surface area contributed by atoms with Gasteiger partial charge in [0.05, 0.1) is 16.2 Å². The monoisotopic (exact) mass is 468 g/mol. The third-order valence-corrected chi connectivity index (χ3v) is 6.37. The summed E-state index contributed by atoms with van der Waals surface area (Å²) in [6, 6.07) is 7.33. The van der Waals surface area contributed by atoms with Crippen molar-refractivity contribution in [2.45, 2.75) is 43.7 Å². The maximum atomic E-state index is 12.8. The molecule has 0 atom stereocenters. The number of anilines is 1. The second-order valence-electron chi connectivity index (χ2n) is 7.52. The van der Waals surface area contributed by atoms with Crippen LogP contribution in [-0.2, 0) is 16.2 Å². The number of sulfonamides is 1. The number of benzene rings is 1. The molecule has 1 amide bonds. The Morgan fingerprint density at radius 3 is 2.59 bits per heavy atom. The van der Waals surface area contributed by atoms with E-state index in [1.165, 1.54) is 31.2 Å². The number of rotatable bonds is 4. The summed E-state index contributed by atoms with van der Waals surface area (Å²) in [5, 5.41) is 2.51. The number of carbonyl (C=O) groups excluding carboxylic acids is 1. The Hall–Kier alpha value is -2.95. The molecule has 172 valence electrons. The molecule has 0 radical (unpaired) electrons. The van der Waals surface area contributed by atoms with Crippen molar-refractivity contribution < 1.29 is 26.4 Å². The fraction of sp³-hybridized carbons (Fsp3) is 0.381. The van der Waals surface area contributed by atoms with Crippen LogP contribution in [0.3, 0.4) is 0 Å². The van der Waals surface area contributed by atoms with Gasteiger partial charge >= 0.3 is 6.18 Å². The van der Waals surface area contributed by atoms with Crippen LogP contribution >= 0.6 is 0 Å². The SMILES string of the molecule is Cc1nc(C(F)(F)F)ccc1C(=O)Nc1cccc(S(=O)(=O)N=C2CCCCCN2C)c1. The molecule has 1 aromatic carbocycles. The zero-order valence-corrected chi connectivity index (χ0v) is 18.4. The van der Waals surface area contributed by atoms with Crippen LogP contribution in [0.4, 0.5) is 18.9 Å². The summed E-state index contributed by atoms with van der Waals surface area (Å²) in [5.74, 6) is -0.212. The molecular weight excluding hydrogens is 445 g/mol. The molecule has 11 heteroatoms. The summed E-state index contributed by atoms with van der Waals surface area (Å²) >= 11 is 0. The van der Waals surface area contributed by atoms with Gasteiger partial charge in [-0.25, -0.2) is 4.98 Å². The van der Waals surface area contributed by atoms with E-state index in [0.717, 1.165) is 37.9 Å². The van der Waals surface area contributed by atoms with Crippen molar-refractivity contribution in [2.24, 2.45) is 4.40 Å². The van der Waals surface area contributed by atoms with Crippen molar-refractivity contribution in [2.75, 3.05) is 18.9 Å². The topological polar surface area (TPSA) is 91.7 Å². The highest BCUT2D eigenvalue weighted by atomic mass is 32.2. The molecule has 1 saturated heterocycles. The number of carbonyl (C=O) groups is 1. The molecule has 2 heterocycles. The first-order valence-corrected chi connectivity index (χ1v) is 11.4. The second-order valence-corrected chi connectivity index (χ2v) is 9.13. The lowest BCUT2D eigenvalue weighted by atomic mass is 10.1. The predicted molar refractivity (Wildman–Crippen MR) is 114 cm³/mol. The Labute approximate surface area is 184 Å². The quantitative estimate of drug-likeness (QED) is 0.724. The number of nitrogens with one attached hydrogen (secondary N) is 1. The molecular formula is C21H23F3N4O3S. The van der Waals surface area contributed by atoms with Crippen LogP contribution < -0.4 is 5.32 Å². The maximum absolute atomic E-state index is 12.8. The first-order chi connectivity index (χ1) is 15.0. The van der Waals surface area contributed by atoms with E-state index >= 15 is 0 Å². The van der Waals surface area contributed by atoms with Gasteiger partial charge in [0, 0.05) is 25.7 Å². The number of aromatic nitrogens is 1. The van der Waals surface area contributed by atoms with E-state index < -0.39 is 27.8 Å². The normalized spacial score (nSPS) is 16.7. The molecule has 1 N–H and O–H groups in total. The van der Waals surface area contributed by atoms with E-state index in [9.17, 15) is 26.4 Å². The van der Waals surface area contributed by atoms with E-state index in [2.05, 4.69) is 14.7 Å². The molecule has 0 spiro atoms. The van der Waals surface area contributed by atoms with Crippen molar-refractivity contribution in [1.82, 2.24) is 9.88 Å². The van der Waals surface area contributed by atoms with Gasteiger partial charge in [0.15, 0.2) is 0 Å². The lowest BCUT2D eigenvalue weighted by Gasteiger charge is -2.17. The van der Waals surface area contributed by atoms with Crippen LogP contribution in [0.1, 0.15) is 47.4 Å². The van der Waals surface area contributed by atoms with Crippen LogP contribution in [-0.4, -0.2) is 43.6 Å². The van der Waals surface area contributed by atoms with E-state index in [1.54, 1.807) is 7.05 Å². The number of amidine groups is 1. The van der Waals surface area contributed by atoms with Crippen molar-refractivity contribution >= 4 is 27.5 Å². The van der Waals surface area contributed by atoms with Crippen molar-refractivity contribution in [3.05, 3.63) is 53.3 Å². The Morgan fingerprint density at radius 1 is 1.16 bits per heavy atom. The first-order valence-electron chi connectivity index (χ1n) is 9.98. The minimum atomic E-state index is -4.62. The summed E-state index contributed by atoms with van der Waals surface area (Å²) in [6.45, 7) is 2.02. The maximum Gasteiger partial charge on any atom is 0.433 e. The Kier molecular flexibility index (Phi) is 6.87. The molecule has 0 aliphatic carbocycles. The van der Waals surface area contributed by atoms with Gasteiger partial charge in [-0.2, -0.15) is 21.6 Å². The van der Waals surface area contributed by atoms with E-state index in [0.29, 0.717) is 12.3 Å². The molecule has 1 aliphatic rings. The number of likely N-dealkylation sites (tertiary alicyclic amines) is 1. The van der Waals surface area contributed by atoms with Crippen molar-refractivity contribution in [3.63, 3.8) is 0 Å². The van der Waals surface area contributed by atoms with Gasteiger partial charge in [0.25, 0.3) is 15.9 Å². The van der Waals surface area contributed by atoms with E-state index in [-0.39, 0.29) is 21.8 Å². The summed E-state index contributed by atoms with van der Waals surface area (Å²) < 4.78 is 68.0. The molecule has 0 saturated carbocycles. The van der Waals surface area contributed by atoms with Gasteiger partial charge < -0.3 is 10.2 Å². The average molecular weight is 469 g/mol. The minimum Gasteiger partial charge on any atom is -0.362 e. The number of halogens is 3.